The molecule has 2 aliphatic rings. The van der Waals surface area contributed by atoms with Crippen molar-refractivity contribution in [3.63, 3.8) is 0 Å². The van der Waals surface area contributed by atoms with E-state index in [1.54, 1.807) is 24.3 Å². The van der Waals surface area contributed by atoms with Crippen LogP contribution in [0.15, 0.2) is 53.4 Å². The summed E-state index contributed by atoms with van der Waals surface area (Å²) in [6, 6.07) is 14.4. The fourth-order valence-electron chi connectivity index (χ4n) is 5.60. The van der Waals surface area contributed by atoms with Crippen LogP contribution < -0.4 is 4.72 Å². The Morgan fingerprint density at radius 2 is 1.68 bits per heavy atom. The third kappa shape index (κ3) is 5.15. The van der Waals surface area contributed by atoms with E-state index >= 15 is 0 Å². The van der Waals surface area contributed by atoms with Gasteiger partial charge in [0.2, 0.25) is 0 Å². The van der Waals surface area contributed by atoms with Crippen molar-refractivity contribution in [3.8, 4) is 0 Å². The lowest BCUT2D eigenvalue weighted by Crippen LogP contribution is -2.30. The van der Waals surface area contributed by atoms with Gasteiger partial charge in [-0.15, -0.1) is 0 Å². The lowest BCUT2D eigenvalue weighted by atomic mass is 9.95. The van der Waals surface area contributed by atoms with Crippen molar-refractivity contribution in [2.45, 2.75) is 68.7 Å². The van der Waals surface area contributed by atoms with Crippen LogP contribution in [0, 0.1) is 5.92 Å². The van der Waals surface area contributed by atoms with Gasteiger partial charge in [0.25, 0.3) is 10.0 Å². The Morgan fingerprint density at radius 1 is 0.971 bits per heavy atom. The third-order valence-corrected chi connectivity index (χ3v) is 8.98. The van der Waals surface area contributed by atoms with Crippen LogP contribution in [0.4, 0.5) is 5.69 Å². The molecule has 5 rings (SSSR count). The third-order valence-electron chi connectivity index (χ3n) is 7.58. The van der Waals surface area contributed by atoms with Gasteiger partial charge in [0, 0.05) is 13.9 Å². The van der Waals surface area contributed by atoms with Crippen LogP contribution in [-0.2, 0) is 16.6 Å². The topological polar surface area (TPSA) is 67.2 Å². The van der Waals surface area contributed by atoms with Crippen LogP contribution in [0.25, 0.3) is 11.0 Å². The number of anilines is 1. The number of nitrogens with zero attached hydrogens (tertiary/aromatic N) is 3. The molecule has 184 valence electrons. The van der Waals surface area contributed by atoms with Gasteiger partial charge in [0.05, 0.1) is 21.6 Å². The minimum Gasteiger partial charge on any atom is -0.327 e. The second-order valence-electron chi connectivity index (χ2n) is 10.1. The van der Waals surface area contributed by atoms with E-state index in [4.69, 9.17) is 4.98 Å². The summed E-state index contributed by atoms with van der Waals surface area (Å²) in [5.74, 6) is 2.34. The van der Waals surface area contributed by atoms with Crippen molar-refractivity contribution < 1.29 is 9.84 Å². The first-order valence-electron chi connectivity index (χ1n) is 12.8. The molecule has 1 N–H and O–H groups in total. The lowest BCUT2D eigenvalue weighted by molar-refractivity contribution is 0.247. The molecule has 1 saturated carbocycles. The van der Waals surface area contributed by atoms with Gasteiger partial charge in [-0.1, -0.05) is 43.9 Å². The zero-order chi connectivity index (χ0) is 23.5. The van der Waals surface area contributed by atoms with Crippen LogP contribution in [-0.4, -0.2) is 43.0 Å². The molecule has 2 fully saturated rings. The predicted octanol–water partition coefficient (Wildman–Crippen LogP) is 5.86. The van der Waals surface area contributed by atoms with E-state index < -0.39 is 10.0 Å². The molecule has 2 aromatic carbocycles. The van der Waals surface area contributed by atoms with Gasteiger partial charge >= 0.3 is 0 Å². The van der Waals surface area contributed by atoms with Gasteiger partial charge in [-0.2, -0.15) is 0 Å². The Bertz CT molecular complexity index is 1210. The summed E-state index contributed by atoms with van der Waals surface area (Å²) in [5, 5.41) is 0. The molecule has 7 heteroatoms. The number of imidazole rings is 1. The summed E-state index contributed by atoms with van der Waals surface area (Å²) in [4.78, 5) is 7.78. The number of piperidine rings is 1. The predicted molar refractivity (Wildman–Crippen MR) is 140 cm³/mol. The Labute approximate surface area is 204 Å². The highest BCUT2D eigenvalue weighted by Crippen LogP contribution is 2.34. The van der Waals surface area contributed by atoms with Crippen molar-refractivity contribution in [2.24, 2.45) is 5.92 Å². The molecule has 0 atom stereocenters. The van der Waals surface area contributed by atoms with Gasteiger partial charge in [-0.25, -0.2) is 13.4 Å². The fourth-order valence-corrected chi connectivity index (χ4v) is 6.67. The van der Waals surface area contributed by atoms with Gasteiger partial charge < -0.3 is 9.47 Å². The van der Waals surface area contributed by atoms with Crippen molar-refractivity contribution >= 4 is 26.7 Å². The molecule has 3 aromatic rings. The van der Waals surface area contributed by atoms with Gasteiger partial charge in [-0.05, 0) is 82.1 Å². The SMILES string of the molecule is CN1CCC(c2nc3cc(NS(=O)(=O)c4ccccc4)ccc3n2CC2CCCCCC2)CC1.[HH]. The monoisotopic (exact) mass is 482 g/mol. The maximum absolute atomic E-state index is 12.8. The largest absolute Gasteiger partial charge is 0.327 e. The van der Waals surface area contributed by atoms with Crippen molar-refractivity contribution in [1.82, 2.24) is 14.5 Å². The van der Waals surface area contributed by atoms with Crippen LogP contribution in [0.3, 0.4) is 0 Å². The highest BCUT2D eigenvalue weighted by Gasteiger charge is 2.26. The Balaban J connectivity index is 0.00000289. The Morgan fingerprint density at radius 3 is 2.38 bits per heavy atom. The van der Waals surface area contributed by atoms with Crippen LogP contribution in [0.1, 0.15) is 64.5 Å². The second kappa shape index (κ2) is 10.1. The molecule has 0 spiro atoms. The number of hydrogen-bond acceptors (Lipinski definition) is 4. The fraction of sp³-hybridized carbons (Fsp3) is 0.519. The standard InChI is InChI=1S/C27H36N4O2S.H2/c1-30-17-15-22(16-18-30)27-28-25-19-23(29-34(32,33)24-11-7-4-8-12-24)13-14-26(25)31(27)20-21-9-5-2-3-6-10-21;/h4,7-8,11-14,19,21-22,29H,2-3,5-6,9-10,15-18,20H2,1H3;1H. The van der Waals surface area contributed by atoms with E-state index in [-0.39, 0.29) is 6.32 Å². The molecule has 6 nitrogen and oxygen atoms in total. The van der Waals surface area contributed by atoms with Crippen LogP contribution in [0.2, 0.25) is 0 Å². The number of benzene rings is 2. The van der Waals surface area contributed by atoms with E-state index in [0.29, 0.717) is 17.5 Å². The van der Waals surface area contributed by atoms with E-state index in [2.05, 4.69) is 27.3 Å². The maximum Gasteiger partial charge on any atom is 0.261 e. The number of fused-ring (bicyclic) bond motifs is 1. The first-order valence-corrected chi connectivity index (χ1v) is 14.2. The summed E-state index contributed by atoms with van der Waals surface area (Å²) >= 11 is 0. The van der Waals surface area contributed by atoms with Crippen molar-refractivity contribution in [2.75, 3.05) is 24.9 Å². The molecule has 1 aliphatic carbocycles. The second-order valence-corrected chi connectivity index (χ2v) is 11.8. The zero-order valence-corrected chi connectivity index (χ0v) is 20.9. The van der Waals surface area contributed by atoms with Crippen LogP contribution in [0.5, 0.6) is 0 Å². The number of sulfonamides is 1. The molecule has 0 bridgehead atoms. The molecule has 1 aromatic heterocycles. The number of hydrogen-bond donors (Lipinski definition) is 1. The molecule has 34 heavy (non-hydrogen) atoms. The molecule has 2 heterocycles. The minimum atomic E-state index is -3.63. The molecule has 1 saturated heterocycles. The van der Waals surface area contributed by atoms with E-state index in [9.17, 15) is 8.42 Å². The summed E-state index contributed by atoms with van der Waals surface area (Å²) in [6.07, 6.45) is 10.2. The highest BCUT2D eigenvalue weighted by molar-refractivity contribution is 7.92. The average molecular weight is 483 g/mol. The van der Waals surface area contributed by atoms with E-state index in [1.165, 1.54) is 44.3 Å². The van der Waals surface area contributed by atoms with Crippen LogP contribution >= 0.6 is 0 Å². The summed E-state index contributed by atoms with van der Waals surface area (Å²) in [7, 11) is -1.44. The Hall–Kier alpha value is -2.38. The average Bonchev–Trinajstić information content (AvgIpc) is 3.00. The van der Waals surface area contributed by atoms with Crippen molar-refractivity contribution in [3.05, 3.63) is 54.4 Å². The summed E-state index contributed by atoms with van der Waals surface area (Å²) in [6.45, 7) is 3.21. The van der Waals surface area contributed by atoms with E-state index in [0.717, 1.165) is 43.5 Å². The number of likely N-dealkylation sites (tertiary alicyclic amines) is 1. The highest BCUT2D eigenvalue weighted by atomic mass is 32.2. The minimum absolute atomic E-state index is 0. The molecule has 1 aliphatic heterocycles. The summed E-state index contributed by atoms with van der Waals surface area (Å²) < 4.78 is 30.9. The molecular formula is C27H38N4O2S. The van der Waals surface area contributed by atoms with Gasteiger partial charge in [0.15, 0.2) is 0 Å². The lowest BCUT2D eigenvalue weighted by Gasteiger charge is -2.29. The van der Waals surface area contributed by atoms with E-state index in [1.807, 2.05) is 18.2 Å². The Kier molecular flexibility index (Phi) is 6.93. The molecule has 0 radical (unpaired) electrons. The number of rotatable bonds is 6. The first-order chi connectivity index (χ1) is 16.5. The van der Waals surface area contributed by atoms with Crippen molar-refractivity contribution in [1.29, 1.82) is 0 Å². The number of nitrogens with one attached hydrogen (secondary N) is 1. The normalized spacial score (nSPS) is 19.3. The van der Waals surface area contributed by atoms with Gasteiger partial charge in [0.1, 0.15) is 5.82 Å². The maximum atomic E-state index is 12.8. The quantitative estimate of drug-likeness (QED) is 0.447. The first kappa shape index (κ1) is 23.4. The zero-order valence-electron chi connectivity index (χ0n) is 20.1. The van der Waals surface area contributed by atoms with Gasteiger partial charge in [-0.3, -0.25) is 4.72 Å². The summed E-state index contributed by atoms with van der Waals surface area (Å²) in [5.41, 5.74) is 2.57. The smallest absolute Gasteiger partial charge is 0.261 e. The molecule has 0 unspecified atom stereocenters. The number of aromatic nitrogens is 2. The molecular weight excluding hydrogens is 444 g/mol. The molecule has 0 amide bonds.